The molecule has 0 saturated carbocycles. The molecule has 2 aromatic carbocycles. The first kappa shape index (κ1) is 12.6. The molecular formula is C16H18FN. The zero-order valence-corrected chi connectivity index (χ0v) is 11.0. The second kappa shape index (κ2) is 5.21. The summed E-state index contributed by atoms with van der Waals surface area (Å²) in [6.07, 6.45) is 0. The van der Waals surface area contributed by atoms with Gasteiger partial charge < -0.3 is 5.32 Å². The summed E-state index contributed by atoms with van der Waals surface area (Å²) < 4.78 is 13.6. The molecule has 2 heteroatoms. The van der Waals surface area contributed by atoms with Gasteiger partial charge in [-0.25, -0.2) is 4.39 Å². The Labute approximate surface area is 108 Å². The first-order valence-electron chi connectivity index (χ1n) is 6.12. The van der Waals surface area contributed by atoms with Gasteiger partial charge in [-0.05, 0) is 55.2 Å². The molecule has 0 bridgehead atoms. The number of benzene rings is 2. The zero-order chi connectivity index (χ0) is 13.1. The Balaban J connectivity index is 2.11. The summed E-state index contributed by atoms with van der Waals surface area (Å²) >= 11 is 0. The van der Waals surface area contributed by atoms with Crippen LogP contribution in [-0.2, 0) is 6.54 Å². The third kappa shape index (κ3) is 2.89. The monoisotopic (exact) mass is 243 g/mol. The van der Waals surface area contributed by atoms with E-state index in [1.165, 1.54) is 22.8 Å². The highest BCUT2D eigenvalue weighted by molar-refractivity contribution is 5.47. The molecule has 2 aromatic rings. The minimum atomic E-state index is -0.204. The molecule has 1 nitrogen and oxygen atoms in total. The number of anilines is 1. The first-order chi connectivity index (χ1) is 8.56. The highest BCUT2D eigenvalue weighted by Crippen LogP contribution is 2.17. The van der Waals surface area contributed by atoms with Gasteiger partial charge in [0.25, 0.3) is 0 Å². The quantitative estimate of drug-likeness (QED) is 0.844. The van der Waals surface area contributed by atoms with Gasteiger partial charge in [0.05, 0.1) is 5.69 Å². The van der Waals surface area contributed by atoms with E-state index in [1.54, 1.807) is 6.07 Å². The zero-order valence-electron chi connectivity index (χ0n) is 11.0. The van der Waals surface area contributed by atoms with Crippen molar-refractivity contribution in [2.24, 2.45) is 0 Å². The van der Waals surface area contributed by atoms with Gasteiger partial charge in [0.2, 0.25) is 0 Å². The molecule has 0 unspecified atom stereocenters. The minimum absolute atomic E-state index is 0.204. The van der Waals surface area contributed by atoms with E-state index < -0.39 is 0 Å². The Morgan fingerprint density at radius 2 is 1.72 bits per heavy atom. The summed E-state index contributed by atoms with van der Waals surface area (Å²) in [5.41, 5.74) is 5.32. The molecule has 0 aliphatic carbocycles. The maximum absolute atomic E-state index is 13.6. The Morgan fingerprint density at radius 3 is 2.44 bits per heavy atom. The third-order valence-electron chi connectivity index (χ3n) is 3.18. The molecule has 0 amide bonds. The van der Waals surface area contributed by atoms with E-state index in [0.717, 1.165) is 5.56 Å². The van der Waals surface area contributed by atoms with Crippen molar-refractivity contribution < 1.29 is 4.39 Å². The summed E-state index contributed by atoms with van der Waals surface area (Å²) in [5.74, 6) is -0.204. The Kier molecular flexibility index (Phi) is 3.66. The van der Waals surface area contributed by atoms with E-state index in [0.29, 0.717) is 12.2 Å². The fraction of sp³-hybridized carbons (Fsp3) is 0.250. The lowest BCUT2D eigenvalue weighted by Crippen LogP contribution is -2.02. The predicted octanol–water partition coefficient (Wildman–Crippen LogP) is 4.36. The number of nitrogens with one attached hydrogen (secondary N) is 1. The van der Waals surface area contributed by atoms with Crippen molar-refractivity contribution >= 4 is 5.69 Å². The van der Waals surface area contributed by atoms with E-state index in [2.05, 4.69) is 37.4 Å². The fourth-order valence-corrected chi connectivity index (χ4v) is 1.89. The summed E-state index contributed by atoms with van der Waals surface area (Å²) in [5, 5.41) is 3.14. The van der Waals surface area contributed by atoms with Crippen molar-refractivity contribution in [3.8, 4) is 0 Å². The molecule has 2 rings (SSSR count). The maximum atomic E-state index is 13.6. The highest BCUT2D eigenvalue weighted by atomic mass is 19.1. The van der Waals surface area contributed by atoms with Gasteiger partial charge >= 0.3 is 0 Å². The van der Waals surface area contributed by atoms with Crippen LogP contribution in [0.5, 0.6) is 0 Å². The highest BCUT2D eigenvalue weighted by Gasteiger charge is 2.02. The average molecular weight is 243 g/mol. The molecule has 0 spiro atoms. The van der Waals surface area contributed by atoms with Crippen LogP contribution in [0.15, 0.2) is 36.4 Å². The maximum Gasteiger partial charge on any atom is 0.146 e. The van der Waals surface area contributed by atoms with Crippen LogP contribution in [0.3, 0.4) is 0 Å². The van der Waals surface area contributed by atoms with E-state index in [4.69, 9.17) is 0 Å². The average Bonchev–Trinajstić information content (AvgIpc) is 2.34. The topological polar surface area (TPSA) is 12.0 Å². The van der Waals surface area contributed by atoms with Crippen LogP contribution in [-0.4, -0.2) is 0 Å². The van der Waals surface area contributed by atoms with Gasteiger partial charge in [-0.15, -0.1) is 0 Å². The molecule has 0 aliphatic rings. The van der Waals surface area contributed by atoms with Crippen LogP contribution in [0.4, 0.5) is 10.1 Å². The summed E-state index contributed by atoms with van der Waals surface area (Å²) in [6, 6.07) is 11.4. The lowest BCUT2D eigenvalue weighted by Gasteiger charge is -2.10. The molecule has 0 radical (unpaired) electrons. The first-order valence-corrected chi connectivity index (χ1v) is 6.12. The number of aryl methyl sites for hydroxylation is 3. The van der Waals surface area contributed by atoms with Gasteiger partial charge in [-0.1, -0.05) is 24.3 Å². The molecule has 0 saturated heterocycles. The van der Waals surface area contributed by atoms with Crippen molar-refractivity contribution in [2.45, 2.75) is 27.3 Å². The van der Waals surface area contributed by atoms with Gasteiger partial charge in [0, 0.05) is 6.54 Å². The van der Waals surface area contributed by atoms with Crippen LogP contribution in [0.25, 0.3) is 0 Å². The molecule has 0 heterocycles. The van der Waals surface area contributed by atoms with Crippen molar-refractivity contribution in [2.75, 3.05) is 5.32 Å². The molecule has 0 fully saturated rings. The Hall–Kier alpha value is -1.83. The molecular weight excluding hydrogens is 225 g/mol. The molecule has 94 valence electrons. The van der Waals surface area contributed by atoms with Gasteiger partial charge in [-0.3, -0.25) is 0 Å². The van der Waals surface area contributed by atoms with Crippen molar-refractivity contribution in [3.63, 3.8) is 0 Å². The smallest absolute Gasteiger partial charge is 0.146 e. The van der Waals surface area contributed by atoms with Crippen molar-refractivity contribution in [1.29, 1.82) is 0 Å². The number of rotatable bonds is 3. The van der Waals surface area contributed by atoms with Crippen molar-refractivity contribution in [3.05, 3.63) is 64.5 Å². The Morgan fingerprint density at radius 1 is 0.944 bits per heavy atom. The molecule has 0 aromatic heterocycles. The standard InChI is InChI=1S/C16H18FN/c1-11-4-7-15(17)16(8-11)18-10-14-6-5-12(2)13(3)9-14/h4-9,18H,10H2,1-3H3. The second-order valence-electron chi connectivity index (χ2n) is 4.76. The lowest BCUT2D eigenvalue weighted by atomic mass is 10.1. The number of halogens is 1. The summed E-state index contributed by atoms with van der Waals surface area (Å²) in [4.78, 5) is 0. The van der Waals surface area contributed by atoms with Crippen LogP contribution in [0.2, 0.25) is 0 Å². The minimum Gasteiger partial charge on any atom is -0.379 e. The van der Waals surface area contributed by atoms with Gasteiger partial charge in [-0.2, -0.15) is 0 Å². The number of hydrogen-bond donors (Lipinski definition) is 1. The molecule has 18 heavy (non-hydrogen) atoms. The van der Waals surface area contributed by atoms with Crippen LogP contribution < -0.4 is 5.32 Å². The Bertz CT molecular complexity index is 561. The van der Waals surface area contributed by atoms with Gasteiger partial charge in [0.15, 0.2) is 0 Å². The van der Waals surface area contributed by atoms with E-state index in [9.17, 15) is 4.39 Å². The third-order valence-corrected chi connectivity index (χ3v) is 3.18. The SMILES string of the molecule is Cc1ccc(F)c(NCc2ccc(C)c(C)c2)c1. The van der Waals surface area contributed by atoms with E-state index in [-0.39, 0.29) is 5.82 Å². The van der Waals surface area contributed by atoms with Crippen LogP contribution in [0, 0.1) is 26.6 Å². The lowest BCUT2D eigenvalue weighted by molar-refractivity contribution is 0.629. The number of hydrogen-bond acceptors (Lipinski definition) is 1. The largest absolute Gasteiger partial charge is 0.379 e. The molecule has 0 aliphatic heterocycles. The predicted molar refractivity (Wildman–Crippen MR) is 74.4 cm³/mol. The van der Waals surface area contributed by atoms with Gasteiger partial charge in [0.1, 0.15) is 5.82 Å². The van der Waals surface area contributed by atoms with E-state index in [1.807, 2.05) is 13.0 Å². The second-order valence-corrected chi connectivity index (χ2v) is 4.76. The fourth-order valence-electron chi connectivity index (χ4n) is 1.89. The van der Waals surface area contributed by atoms with E-state index >= 15 is 0 Å². The normalized spacial score (nSPS) is 10.4. The van der Waals surface area contributed by atoms with Crippen LogP contribution in [0.1, 0.15) is 22.3 Å². The summed E-state index contributed by atoms with van der Waals surface area (Å²) in [6.45, 7) is 6.78. The molecule has 1 N–H and O–H groups in total. The molecule has 0 atom stereocenters. The summed E-state index contributed by atoms with van der Waals surface area (Å²) in [7, 11) is 0. The van der Waals surface area contributed by atoms with Crippen LogP contribution >= 0.6 is 0 Å². The van der Waals surface area contributed by atoms with Crippen molar-refractivity contribution in [1.82, 2.24) is 0 Å².